The van der Waals surface area contributed by atoms with Crippen LogP contribution >= 0.6 is 11.8 Å². The summed E-state index contributed by atoms with van der Waals surface area (Å²) in [5.41, 5.74) is 0. The van der Waals surface area contributed by atoms with E-state index in [-0.39, 0.29) is 0 Å². The molecule has 0 aromatic heterocycles. The maximum atomic E-state index is 5.97. The van der Waals surface area contributed by atoms with Gasteiger partial charge >= 0.3 is 0 Å². The molecule has 2 heteroatoms. The maximum Gasteiger partial charge on any atom is 0.0323 e. The Balaban J connectivity index is 3.96. The molecule has 0 amide bonds. The van der Waals surface area contributed by atoms with E-state index in [1.165, 1.54) is 0 Å². The van der Waals surface area contributed by atoms with Gasteiger partial charge in [-0.1, -0.05) is 18.2 Å². The van der Waals surface area contributed by atoms with E-state index in [1.807, 2.05) is 12.2 Å². The molecule has 0 aliphatic heterocycles. The number of nitrogens with zero attached hydrogens (tertiary/aromatic N) is 1. The van der Waals surface area contributed by atoms with Crippen LogP contribution in [0, 0.1) is 0 Å². The molecule has 68 valence electrons. The lowest BCUT2D eigenvalue weighted by Crippen LogP contribution is -2.26. The van der Waals surface area contributed by atoms with Gasteiger partial charge in [0, 0.05) is 12.6 Å². The molecule has 0 heterocycles. The first-order valence-corrected chi connectivity index (χ1v) is 4.35. The van der Waals surface area contributed by atoms with E-state index < -0.39 is 0 Å². The predicted molar refractivity (Wildman–Crippen MR) is 56.2 cm³/mol. The lowest BCUT2D eigenvalue weighted by Gasteiger charge is -2.21. The highest BCUT2D eigenvalue weighted by Crippen LogP contribution is 2.12. The summed E-state index contributed by atoms with van der Waals surface area (Å²) >= 11 is 5.97. The SMILES string of the molecule is C=CCC(CC=C)N(Cl)CC=C. The summed E-state index contributed by atoms with van der Waals surface area (Å²) in [7, 11) is 0. The zero-order valence-electron chi connectivity index (χ0n) is 7.38. The van der Waals surface area contributed by atoms with Crippen molar-refractivity contribution in [1.29, 1.82) is 0 Å². The Labute approximate surface area is 80.1 Å². The second-order valence-corrected chi connectivity index (χ2v) is 3.01. The summed E-state index contributed by atoms with van der Waals surface area (Å²) in [6.07, 6.45) is 7.28. The fraction of sp³-hybridized carbons (Fsp3) is 0.400. The van der Waals surface area contributed by atoms with E-state index in [0.717, 1.165) is 12.8 Å². The van der Waals surface area contributed by atoms with Crippen molar-refractivity contribution in [3.8, 4) is 0 Å². The fourth-order valence-electron chi connectivity index (χ4n) is 0.982. The minimum Gasteiger partial charge on any atom is -0.213 e. The third-order valence-corrected chi connectivity index (χ3v) is 1.99. The minimum absolute atomic E-state index is 0.291. The first kappa shape index (κ1) is 11.5. The van der Waals surface area contributed by atoms with Crippen molar-refractivity contribution in [1.82, 2.24) is 4.42 Å². The first-order chi connectivity index (χ1) is 5.76. The number of hydrogen-bond acceptors (Lipinski definition) is 1. The Morgan fingerprint density at radius 3 is 1.92 bits per heavy atom. The third kappa shape index (κ3) is 4.37. The molecule has 0 radical (unpaired) electrons. The van der Waals surface area contributed by atoms with Gasteiger partial charge in [0.05, 0.1) is 0 Å². The second kappa shape index (κ2) is 7.14. The summed E-state index contributed by atoms with van der Waals surface area (Å²) in [4.78, 5) is 0. The Morgan fingerprint density at radius 1 is 1.08 bits per heavy atom. The van der Waals surface area contributed by atoms with Crippen molar-refractivity contribution >= 4 is 11.8 Å². The summed E-state index contributed by atoms with van der Waals surface area (Å²) in [6, 6.07) is 0.291. The topological polar surface area (TPSA) is 3.24 Å². The monoisotopic (exact) mass is 185 g/mol. The molecule has 0 N–H and O–H groups in total. The van der Waals surface area contributed by atoms with Crippen molar-refractivity contribution in [3.05, 3.63) is 38.0 Å². The molecule has 0 atom stereocenters. The van der Waals surface area contributed by atoms with Crippen molar-refractivity contribution < 1.29 is 0 Å². The molecule has 0 unspecified atom stereocenters. The predicted octanol–water partition coefficient (Wildman–Crippen LogP) is 3.15. The van der Waals surface area contributed by atoms with Gasteiger partial charge in [0.15, 0.2) is 0 Å². The quantitative estimate of drug-likeness (QED) is 0.435. The molecule has 0 aromatic rings. The van der Waals surface area contributed by atoms with Crippen LogP contribution in [-0.2, 0) is 0 Å². The van der Waals surface area contributed by atoms with Gasteiger partial charge in [-0.3, -0.25) is 0 Å². The van der Waals surface area contributed by atoms with Gasteiger partial charge in [0.1, 0.15) is 0 Å². The largest absolute Gasteiger partial charge is 0.213 e. The molecule has 0 spiro atoms. The van der Waals surface area contributed by atoms with E-state index >= 15 is 0 Å². The third-order valence-electron chi connectivity index (χ3n) is 1.58. The second-order valence-electron chi connectivity index (χ2n) is 2.57. The smallest absolute Gasteiger partial charge is 0.0323 e. The lowest BCUT2D eigenvalue weighted by atomic mass is 10.1. The molecule has 0 rings (SSSR count). The Kier molecular flexibility index (Phi) is 6.82. The van der Waals surface area contributed by atoms with Crippen LogP contribution in [0.15, 0.2) is 38.0 Å². The minimum atomic E-state index is 0.291. The lowest BCUT2D eigenvalue weighted by molar-refractivity contribution is 0.370. The van der Waals surface area contributed by atoms with Crippen LogP contribution < -0.4 is 0 Å². The first-order valence-electron chi connectivity index (χ1n) is 4.01. The van der Waals surface area contributed by atoms with Gasteiger partial charge in [-0.2, -0.15) is 0 Å². The van der Waals surface area contributed by atoms with Crippen LogP contribution in [-0.4, -0.2) is 17.0 Å². The van der Waals surface area contributed by atoms with Crippen LogP contribution in [0.1, 0.15) is 12.8 Å². The van der Waals surface area contributed by atoms with Gasteiger partial charge in [-0.05, 0) is 24.6 Å². The zero-order valence-corrected chi connectivity index (χ0v) is 8.13. The summed E-state index contributed by atoms with van der Waals surface area (Å²) in [5, 5.41) is 0. The zero-order chi connectivity index (χ0) is 9.40. The highest BCUT2D eigenvalue weighted by molar-refractivity contribution is 6.13. The van der Waals surface area contributed by atoms with Gasteiger partial charge in [0.2, 0.25) is 0 Å². The number of hydrogen-bond donors (Lipinski definition) is 0. The molecular formula is C10H16ClN. The molecule has 0 saturated heterocycles. The summed E-state index contributed by atoms with van der Waals surface area (Å²) in [5.74, 6) is 0. The maximum absolute atomic E-state index is 5.97. The van der Waals surface area contributed by atoms with Crippen LogP contribution in [0.25, 0.3) is 0 Å². The summed E-state index contributed by atoms with van der Waals surface area (Å²) in [6.45, 7) is 11.7. The van der Waals surface area contributed by atoms with E-state index in [9.17, 15) is 0 Å². The highest BCUT2D eigenvalue weighted by Gasteiger charge is 2.11. The molecule has 0 aliphatic carbocycles. The Bertz CT molecular complexity index is 144. The molecular weight excluding hydrogens is 170 g/mol. The Morgan fingerprint density at radius 2 is 1.58 bits per heavy atom. The fourth-order valence-corrected chi connectivity index (χ4v) is 1.24. The van der Waals surface area contributed by atoms with Crippen molar-refractivity contribution in [2.75, 3.05) is 6.54 Å². The van der Waals surface area contributed by atoms with Gasteiger partial charge in [0.25, 0.3) is 0 Å². The van der Waals surface area contributed by atoms with Crippen molar-refractivity contribution in [3.63, 3.8) is 0 Å². The highest BCUT2D eigenvalue weighted by atomic mass is 35.5. The molecule has 0 fully saturated rings. The molecule has 0 aliphatic rings. The van der Waals surface area contributed by atoms with Crippen molar-refractivity contribution in [2.45, 2.75) is 18.9 Å². The average Bonchev–Trinajstić information content (AvgIpc) is 2.04. The van der Waals surface area contributed by atoms with E-state index in [1.54, 1.807) is 10.5 Å². The van der Waals surface area contributed by atoms with Crippen LogP contribution in [0.4, 0.5) is 0 Å². The number of halogens is 1. The molecule has 0 saturated carbocycles. The Hall–Kier alpha value is -0.530. The molecule has 0 aromatic carbocycles. The number of rotatable bonds is 7. The van der Waals surface area contributed by atoms with Crippen LogP contribution in [0.3, 0.4) is 0 Å². The van der Waals surface area contributed by atoms with Crippen molar-refractivity contribution in [2.24, 2.45) is 0 Å². The standard InChI is InChI=1S/C10H16ClN/c1-4-7-10(8-5-2)12(11)9-6-3/h4-6,10H,1-3,7-9H2. The van der Waals surface area contributed by atoms with Gasteiger partial charge in [-0.25, -0.2) is 4.42 Å². The van der Waals surface area contributed by atoms with Crippen LogP contribution in [0.2, 0.25) is 0 Å². The van der Waals surface area contributed by atoms with E-state index in [2.05, 4.69) is 19.7 Å². The molecule has 0 bridgehead atoms. The molecule has 1 nitrogen and oxygen atoms in total. The van der Waals surface area contributed by atoms with Gasteiger partial charge in [-0.15, -0.1) is 19.7 Å². The molecule has 12 heavy (non-hydrogen) atoms. The van der Waals surface area contributed by atoms with E-state index in [4.69, 9.17) is 11.8 Å². The average molecular weight is 186 g/mol. The van der Waals surface area contributed by atoms with E-state index in [0.29, 0.717) is 12.6 Å². The normalized spacial score (nSPS) is 10.2. The van der Waals surface area contributed by atoms with Gasteiger partial charge < -0.3 is 0 Å². The van der Waals surface area contributed by atoms with Crippen LogP contribution in [0.5, 0.6) is 0 Å². The summed E-state index contributed by atoms with van der Waals surface area (Å²) < 4.78 is 1.73.